The number of rotatable bonds is 26. The third-order valence-corrected chi connectivity index (χ3v) is 24.4. The number of fused-ring (bicyclic) bond motifs is 2. The zero-order chi connectivity index (χ0) is 60.9. The fourth-order valence-electron chi connectivity index (χ4n) is 7.04. The summed E-state index contributed by atoms with van der Waals surface area (Å²) in [5, 5.41) is 65.5. The largest absolute Gasteiger partial charge is 0.505 e. The van der Waals surface area contributed by atoms with Crippen molar-refractivity contribution in [1.82, 2.24) is 15.0 Å². The number of halogens is 1. The smallest absolute Gasteiger partial charge is 0.297 e. The minimum Gasteiger partial charge on any atom is -0.505 e. The molecule has 83 heavy (non-hydrogen) atoms. The fourth-order valence-corrected chi connectivity index (χ4v) is 15.8. The molecular weight excluding hydrogens is 1350 g/mol. The third kappa shape index (κ3) is 16.4. The highest BCUT2D eigenvalue weighted by atomic mass is 35.5. The topological polar surface area (TPSA) is 488 Å². The normalized spacial score (nSPS) is 13.5. The number of anilines is 4. The first-order valence-corrected chi connectivity index (χ1v) is 35.8. The summed E-state index contributed by atoms with van der Waals surface area (Å²) in [7, 11) is -26.5. The van der Waals surface area contributed by atoms with Crippen LogP contribution >= 0.6 is 57.5 Å². The average Bonchev–Trinajstić information content (AvgIpc) is 1.67. The Morgan fingerprint density at radius 2 is 1.17 bits per heavy atom. The van der Waals surface area contributed by atoms with Gasteiger partial charge < -0.3 is 20.8 Å². The van der Waals surface area contributed by atoms with Crippen LogP contribution in [0, 0.1) is 0 Å². The second-order valence-corrected chi connectivity index (χ2v) is 33.1. The van der Waals surface area contributed by atoms with Gasteiger partial charge in [-0.25, -0.2) is 31.6 Å². The molecule has 0 amide bonds. The van der Waals surface area contributed by atoms with Gasteiger partial charge in [-0.05, 0) is 113 Å². The molecule has 0 aliphatic carbocycles. The Bertz CT molecular complexity index is 4440. The van der Waals surface area contributed by atoms with Crippen LogP contribution in [0.5, 0.6) is 11.5 Å². The van der Waals surface area contributed by atoms with Crippen molar-refractivity contribution < 1.29 is 104 Å². The molecule has 9 N–H and O–H groups in total. The van der Waals surface area contributed by atoms with E-state index in [1.807, 2.05) is 0 Å². The van der Waals surface area contributed by atoms with Crippen LogP contribution in [0.1, 0.15) is 0 Å². The molecular formula is C39H32ClN9O23S11. The predicted octanol–water partition coefficient (Wildman–Crippen LogP) is 8.52. The van der Waals surface area contributed by atoms with Crippen LogP contribution in [0.15, 0.2) is 135 Å². The number of sulfone groups is 2. The maximum absolute atomic E-state index is 13.2. The van der Waals surface area contributed by atoms with E-state index in [0.29, 0.717) is 15.9 Å². The Morgan fingerprint density at radius 1 is 0.602 bits per heavy atom. The Kier molecular flexibility index (Phi) is 20.8. The highest BCUT2D eigenvalue weighted by Crippen LogP contribution is 2.49. The molecule has 44 heteroatoms. The predicted molar refractivity (Wildman–Crippen MR) is 303 cm³/mol. The molecule has 7 aromatic rings. The van der Waals surface area contributed by atoms with Crippen molar-refractivity contribution in [3.05, 3.63) is 90.2 Å². The van der Waals surface area contributed by atoms with Crippen molar-refractivity contribution in [2.75, 3.05) is 34.5 Å². The van der Waals surface area contributed by atoms with Crippen LogP contribution < -0.4 is 10.6 Å². The quantitative estimate of drug-likeness (QED) is 0.00355. The molecule has 0 spiro atoms. The highest BCUT2D eigenvalue weighted by molar-refractivity contribution is 9.09. The SMILES string of the molecule is O=S(=O)(O)c1cc(Nc2nc(Cl)nc(Nc3ccc4c(O)c(/N=N/c5ccc(S(=O)(=O)CCS(=O)(=S)SS)cc5)c(S(=O)(=O)O)cc4c3S(=O)(=O)O)n2)c2c(O)c(/N=N/c3ccc(S(=O)(=O)CCOSOOO)cc3)c(SOOO)cc2c1. The van der Waals surface area contributed by atoms with E-state index in [9.17, 15) is 70.2 Å². The van der Waals surface area contributed by atoms with Gasteiger partial charge in [-0.2, -0.15) is 50.4 Å². The van der Waals surface area contributed by atoms with Gasteiger partial charge in [0.15, 0.2) is 43.5 Å². The van der Waals surface area contributed by atoms with Gasteiger partial charge in [0.1, 0.15) is 21.2 Å². The molecule has 0 aliphatic heterocycles. The molecule has 444 valence electrons. The number of thiol groups is 1. The lowest BCUT2D eigenvalue weighted by Gasteiger charge is -2.16. The van der Waals surface area contributed by atoms with E-state index in [0.717, 1.165) is 66.7 Å². The monoisotopic (exact) mass is 1380 g/mol. The van der Waals surface area contributed by atoms with E-state index >= 15 is 0 Å². The zero-order valence-electron chi connectivity index (χ0n) is 40.1. The number of phenols is 2. The second kappa shape index (κ2) is 26.5. The molecule has 0 bridgehead atoms. The van der Waals surface area contributed by atoms with Crippen LogP contribution in [-0.4, -0.2) is 120 Å². The van der Waals surface area contributed by atoms with E-state index < -0.39 is 152 Å². The van der Waals surface area contributed by atoms with Gasteiger partial charge in [0, 0.05) is 26.0 Å². The summed E-state index contributed by atoms with van der Waals surface area (Å²) >= 11 is 15.3. The molecule has 0 saturated heterocycles. The van der Waals surface area contributed by atoms with Crippen molar-refractivity contribution in [2.24, 2.45) is 20.5 Å². The summed E-state index contributed by atoms with van der Waals surface area (Å²) in [6.07, 6.45) is 0. The number of nitrogens with zero attached hydrogens (tertiary/aromatic N) is 7. The van der Waals surface area contributed by atoms with Crippen LogP contribution in [-0.2, 0) is 91.7 Å². The summed E-state index contributed by atoms with van der Waals surface area (Å²) in [4.78, 5) is 7.98. The van der Waals surface area contributed by atoms with Crippen molar-refractivity contribution in [1.29, 1.82) is 0 Å². The van der Waals surface area contributed by atoms with Gasteiger partial charge in [0.05, 0.1) is 85.8 Å². The summed E-state index contributed by atoms with van der Waals surface area (Å²) < 4.78 is 185. The molecule has 6 aromatic carbocycles. The number of hydrogen-bond acceptors (Lipinski definition) is 34. The van der Waals surface area contributed by atoms with Crippen LogP contribution in [0.4, 0.5) is 46.0 Å². The van der Waals surface area contributed by atoms with Crippen molar-refractivity contribution >= 4 is 194 Å². The molecule has 1 heterocycles. The van der Waals surface area contributed by atoms with Gasteiger partial charge in [-0.1, -0.05) is 21.7 Å². The molecule has 7 rings (SSSR count). The summed E-state index contributed by atoms with van der Waals surface area (Å²) in [5.41, 5.74) is -2.68. The Labute approximate surface area is 494 Å². The van der Waals surface area contributed by atoms with Crippen LogP contribution in [0.2, 0.25) is 5.28 Å². The first-order valence-electron chi connectivity index (χ1n) is 21.4. The molecule has 1 aromatic heterocycles. The lowest BCUT2D eigenvalue weighted by Crippen LogP contribution is -2.14. The number of azo groups is 2. The van der Waals surface area contributed by atoms with Crippen molar-refractivity contribution in [3.63, 3.8) is 0 Å². The number of aromatic nitrogens is 3. The molecule has 0 fully saturated rings. The average molecular weight is 1380 g/mol. The van der Waals surface area contributed by atoms with Crippen molar-refractivity contribution in [3.8, 4) is 11.5 Å². The molecule has 1 atom stereocenters. The van der Waals surface area contributed by atoms with Gasteiger partial charge in [0.25, 0.3) is 30.4 Å². The fraction of sp³-hybridized carbons (Fsp3) is 0.103. The number of phenolic OH excluding ortho intramolecular Hbond substituents is 2. The summed E-state index contributed by atoms with van der Waals surface area (Å²) in [6.45, 7) is -0.385. The first kappa shape index (κ1) is 65.2. The van der Waals surface area contributed by atoms with E-state index in [-0.39, 0.29) is 67.8 Å². The number of nitrogens with one attached hydrogen (secondary N) is 2. The number of hydrogen-bond donors (Lipinski definition) is 10. The standard InChI is InChI=1S/C39H32ClN9O23S11/c40-37-43-38(41-27-10-9-25-26(36(27)83(65,66)67)18-30(82(62,63)64)33(34(25)50)49-47-21-3-7-23(8-4-21)79(56,57)13-14-80(58,74)77-73)45-39(44-37)42-28-17-24(81(59,60)61)15-19-16-29(75-71-69-52)32(35(51)31(19)28)48-46-20-1-5-22(6-2-20)78(54,55)12-11-68-76-72-70-53/h1-10,15-18,50-53,73H,11-14H2,(H,59,60,61)(H,62,63,64)(H,65,66,67)(H2,41,42,43,44,45)/b48-46+,49-47+. The lowest BCUT2D eigenvalue weighted by atomic mass is 10.1. The van der Waals surface area contributed by atoms with E-state index in [4.69, 9.17) is 37.5 Å². The Balaban J connectivity index is 1.25. The maximum Gasteiger partial charge on any atom is 0.297 e. The Morgan fingerprint density at radius 3 is 1.71 bits per heavy atom. The number of benzene rings is 6. The van der Waals surface area contributed by atoms with E-state index in [1.54, 1.807) is 0 Å². The maximum atomic E-state index is 13.2. The minimum absolute atomic E-state index is 0.00633. The van der Waals surface area contributed by atoms with E-state index in [2.05, 4.69) is 76.4 Å². The van der Waals surface area contributed by atoms with E-state index in [1.165, 1.54) is 12.1 Å². The lowest BCUT2D eigenvalue weighted by molar-refractivity contribution is -0.434. The second-order valence-electron chi connectivity index (χ2n) is 15.8. The van der Waals surface area contributed by atoms with Crippen molar-refractivity contribution in [2.45, 2.75) is 29.4 Å². The molecule has 1 unspecified atom stereocenters. The van der Waals surface area contributed by atoms with Gasteiger partial charge >= 0.3 is 0 Å². The van der Waals surface area contributed by atoms with Crippen LogP contribution in [0.3, 0.4) is 0 Å². The minimum atomic E-state index is -5.52. The zero-order valence-corrected chi connectivity index (χ0v) is 49.9. The van der Waals surface area contributed by atoms with Crippen LogP contribution in [0.25, 0.3) is 21.5 Å². The van der Waals surface area contributed by atoms with Gasteiger partial charge in [-0.15, -0.1) is 18.9 Å². The third-order valence-electron chi connectivity index (χ3n) is 10.6. The molecule has 0 saturated carbocycles. The van der Waals surface area contributed by atoms with Gasteiger partial charge in [-0.3, -0.25) is 17.8 Å². The molecule has 0 radical (unpaired) electrons. The Hall–Kier alpha value is -5.34. The number of aromatic hydroxyl groups is 2. The summed E-state index contributed by atoms with van der Waals surface area (Å²) in [6, 6.07) is 14.4. The van der Waals surface area contributed by atoms with Gasteiger partial charge in [0.2, 0.25) is 17.2 Å². The highest BCUT2D eigenvalue weighted by Gasteiger charge is 2.29. The first-order chi connectivity index (χ1) is 38.8. The molecule has 32 nitrogen and oxygen atoms in total. The molecule has 0 aliphatic rings. The summed E-state index contributed by atoms with van der Waals surface area (Å²) in [5.74, 6) is -4.78.